The van der Waals surface area contributed by atoms with E-state index in [2.05, 4.69) is 41.4 Å². The molecule has 0 saturated carbocycles. The molecule has 2 aliphatic heterocycles. The van der Waals surface area contributed by atoms with E-state index in [9.17, 15) is 4.79 Å². The Morgan fingerprint density at radius 1 is 0.964 bits per heavy atom. The van der Waals surface area contributed by atoms with Crippen molar-refractivity contribution in [1.82, 2.24) is 9.88 Å². The lowest BCUT2D eigenvalue weighted by Crippen LogP contribution is -2.44. The van der Waals surface area contributed by atoms with E-state index < -0.39 is 5.54 Å². The fourth-order valence-electron chi connectivity index (χ4n) is 4.08. The molecule has 1 fully saturated rings. The van der Waals surface area contributed by atoms with Crippen LogP contribution in [0.1, 0.15) is 18.4 Å². The van der Waals surface area contributed by atoms with Crippen LogP contribution in [0.5, 0.6) is 0 Å². The first-order chi connectivity index (χ1) is 13.7. The van der Waals surface area contributed by atoms with Gasteiger partial charge in [-0.25, -0.2) is 0 Å². The molecule has 3 heterocycles. The molecule has 1 aromatic heterocycles. The Bertz CT molecular complexity index is 1080. The predicted octanol–water partition coefficient (Wildman–Crippen LogP) is 3.67. The number of nitrogens with zero attached hydrogens (tertiary/aromatic N) is 3. The third-order valence-electron chi connectivity index (χ3n) is 5.74. The molecule has 0 unspecified atom stereocenters. The van der Waals surface area contributed by atoms with Gasteiger partial charge in [0.2, 0.25) is 0 Å². The van der Waals surface area contributed by atoms with Crippen LogP contribution in [0.4, 0.5) is 0 Å². The number of amides is 1. The van der Waals surface area contributed by atoms with Gasteiger partial charge < -0.3 is 4.74 Å². The van der Waals surface area contributed by atoms with Gasteiger partial charge in [0.25, 0.3) is 5.91 Å². The molecule has 5 heteroatoms. The second-order valence-electron chi connectivity index (χ2n) is 7.43. The highest BCUT2D eigenvalue weighted by Gasteiger charge is 2.47. The van der Waals surface area contributed by atoms with Crippen LogP contribution in [0.25, 0.3) is 22.0 Å². The van der Waals surface area contributed by atoms with Crippen LogP contribution in [0.2, 0.25) is 0 Å². The van der Waals surface area contributed by atoms with Gasteiger partial charge in [0, 0.05) is 50.2 Å². The first-order valence-electron chi connectivity index (χ1n) is 9.58. The molecule has 0 radical (unpaired) electrons. The van der Waals surface area contributed by atoms with Crippen molar-refractivity contribution in [3.8, 4) is 11.1 Å². The number of hydrogen-bond acceptors (Lipinski definition) is 4. The lowest BCUT2D eigenvalue weighted by molar-refractivity contribution is -0.133. The van der Waals surface area contributed by atoms with Gasteiger partial charge in [-0.15, -0.1) is 0 Å². The van der Waals surface area contributed by atoms with Crippen molar-refractivity contribution in [3.63, 3.8) is 0 Å². The molecule has 0 bridgehead atoms. The summed E-state index contributed by atoms with van der Waals surface area (Å²) < 4.78 is 5.43. The largest absolute Gasteiger partial charge is 0.381 e. The number of benzene rings is 2. The third-order valence-corrected chi connectivity index (χ3v) is 5.74. The van der Waals surface area contributed by atoms with E-state index in [4.69, 9.17) is 9.73 Å². The summed E-state index contributed by atoms with van der Waals surface area (Å²) in [5.41, 5.74) is 3.55. The number of hydrogen-bond donors (Lipinski definition) is 0. The van der Waals surface area contributed by atoms with Crippen molar-refractivity contribution >= 4 is 22.6 Å². The van der Waals surface area contributed by atoms with Crippen LogP contribution in [0.15, 0.2) is 65.8 Å². The summed E-state index contributed by atoms with van der Waals surface area (Å²) in [6.07, 6.45) is 3.12. The zero-order valence-corrected chi connectivity index (χ0v) is 15.8. The minimum absolute atomic E-state index is 0.0791. The first kappa shape index (κ1) is 17.1. The Labute approximate surface area is 163 Å². The molecule has 0 N–H and O–H groups in total. The van der Waals surface area contributed by atoms with Crippen molar-refractivity contribution in [3.05, 3.63) is 66.4 Å². The summed E-state index contributed by atoms with van der Waals surface area (Å²) in [6, 6.07) is 18.5. The monoisotopic (exact) mass is 371 g/mol. The maximum atomic E-state index is 12.8. The number of aromatic nitrogens is 1. The first-order valence-corrected chi connectivity index (χ1v) is 9.58. The smallest absolute Gasteiger partial charge is 0.256 e. The van der Waals surface area contributed by atoms with Crippen LogP contribution in [0.3, 0.4) is 0 Å². The van der Waals surface area contributed by atoms with Gasteiger partial charge >= 0.3 is 0 Å². The van der Waals surface area contributed by atoms with Crippen LogP contribution >= 0.6 is 0 Å². The molecular formula is C23H21N3O2. The van der Waals surface area contributed by atoms with Crippen molar-refractivity contribution in [2.24, 2.45) is 4.99 Å². The number of amidine groups is 1. The number of likely N-dealkylation sites (N-methyl/N-ethyl adjacent to an activating group) is 1. The maximum Gasteiger partial charge on any atom is 0.256 e. The van der Waals surface area contributed by atoms with E-state index in [0.717, 1.165) is 33.4 Å². The highest BCUT2D eigenvalue weighted by atomic mass is 16.5. The maximum absolute atomic E-state index is 12.8. The van der Waals surface area contributed by atoms with E-state index in [1.54, 1.807) is 4.90 Å². The molecule has 5 nitrogen and oxygen atoms in total. The minimum atomic E-state index is -0.634. The van der Waals surface area contributed by atoms with Crippen LogP contribution in [-0.2, 0) is 9.53 Å². The fourth-order valence-corrected chi connectivity index (χ4v) is 4.08. The van der Waals surface area contributed by atoms with E-state index in [1.165, 1.54) is 0 Å². The molecular weight excluding hydrogens is 350 g/mol. The van der Waals surface area contributed by atoms with Gasteiger partial charge in [0.1, 0.15) is 11.4 Å². The highest BCUT2D eigenvalue weighted by Crippen LogP contribution is 2.34. The van der Waals surface area contributed by atoms with Crippen molar-refractivity contribution < 1.29 is 9.53 Å². The fraction of sp³-hybridized carbons (Fsp3) is 0.261. The summed E-state index contributed by atoms with van der Waals surface area (Å²) in [6.45, 7) is 1.18. The Balaban J connectivity index is 1.47. The van der Waals surface area contributed by atoms with Crippen molar-refractivity contribution in [2.75, 3.05) is 20.3 Å². The molecule has 1 saturated heterocycles. The van der Waals surface area contributed by atoms with E-state index in [-0.39, 0.29) is 5.91 Å². The second-order valence-corrected chi connectivity index (χ2v) is 7.43. The van der Waals surface area contributed by atoms with Gasteiger partial charge in [0.15, 0.2) is 0 Å². The van der Waals surface area contributed by atoms with Gasteiger partial charge in [-0.1, -0.05) is 42.5 Å². The number of ether oxygens (including phenoxy) is 1. The molecule has 28 heavy (non-hydrogen) atoms. The van der Waals surface area contributed by atoms with E-state index >= 15 is 0 Å². The van der Waals surface area contributed by atoms with E-state index in [1.807, 2.05) is 31.4 Å². The number of aliphatic imine (C=N–C) groups is 1. The average Bonchev–Trinajstić information content (AvgIpc) is 2.99. The zero-order valence-electron chi connectivity index (χ0n) is 15.8. The Morgan fingerprint density at radius 2 is 1.68 bits per heavy atom. The van der Waals surface area contributed by atoms with Gasteiger partial charge in [-0.2, -0.15) is 0 Å². The van der Waals surface area contributed by atoms with Crippen molar-refractivity contribution in [2.45, 2.75) is 18.4 Å². The summed E-state index contributed by atoms with van der Waals surface area (Å²) in [5, 5.41) is 1.13. The summed E-state index contributed by atoms with van der Waals surface area (Å²) in [5.74, 6) is 0.828. The molecule has 2 aromatic carbocycles. The van der Waals surface area contributed by atoms with Crippen LogP contribution in [0, 0.1) is 0 Å². The van der Waals surface area contributed by atoms with Crippen molar-refractivity contribution in [1.29, 1.82) is 0 Å². The van der Waals surface area contributed by atoms with Gasteiger partial charge in [-0.3, -0.25) is 19.7 Å². The Hall–Kier alpha value is -3.05. The van der Waals surface area contributed by atoms with E-state index in [0.29, 0.717) is 26.1 Å². The minimum Gasteiger partial charge on any atom is -0.381 e. The molecule has 0 aliphatic carbocycles. The quantitative estimate of drug-likeness (QED) is 0.691. The number of fused-ring (bicyclic) bond motifs is 1. The molecule has 0 atom stereocenters. The normalized spacial score (nSPS) is 18.7. The molecule has 5 rings (SSSR count). The number of carbonyl (C=O) groups is 1. The summed E-state index contributed by atoms with van der Waals surface area (Å²) in [7, 11) is 1.81. The molecule has 2 aliphatic rings. The standard InChI is InChI=1S/C23H21N3O2/c1-26-21(25-23(22(26)27)10-13-28-14-11-23)18-7-4-16(5-8-18)19-9-6-17-3-2-12-24-20(17)15-19/h2-9,12,15H,10-11,13-14H2,1H3. The lowest BCUT2D eigenvalue weighted by atomic mass is 9.90. The topological polar surface area (TPSA) is 54.8 Å². The van der Waals surface area contributed by atoms with Gasteiger partial charge in [-0.05, 0) is 23.3 Å². The van der Waals surface area contributed by atoms with Crippen LogP contribution < -0.4 is 0 Å². The SMILES string of the molecule is CN1C(=O)C2(CCOCC2)N=C1c1ccc(-c2ccc3cccnc3c2)cc1. The highest BCUT2D eigenvalue weighted by molar-refractivity contribution is 6.15. The molecule has 1 spiro atoms. The Kier molecular flexibility index (Phi) is 3.98. The molecule has 1 amide bonds. The number of carbonyl (C=O) groups excluding carboxylic acids is 1. The molecule has 140 valence electrons. The lowest BCUT2D eigenvalue weighted by Gasteiger charge is -2.28. The number of rotatable bonds is 2. The number of pyridine rings is 1. The Morgan fingerprint density at radius 3 is 2.46 bits per heavy atom. The third kappa shape index (κ3) is 2.70. The summed E-state index contributed by atoms with van der Waals surface area (Å²) >= 11 is 0. The van der Waals surface area contributed by atoms with Crippen LogP contribution in [-0.4, -0.2) is 47.4 Å². The predicted molar refractivity (Wildman–Crippen MR) is 109 cm³/mol. The zero-order chi connectivity index (χ0) is 19.1. The molecule has 3 aromatic rings. The second kappa shape index (κ2) is 6.53. The summed E-state index contributed by atoms with van der Waals surface area (Å²) in [4.78, 5) is 23.8. The average molecular weight is 371 g/mol. The van der Waals surface area contributed by atoms with Gasteiger partial charge in [0.05, 0.1) is 5.52 Å².